The number of rotatable bonds is 6. The number of nitrogens with zero attached hydrogens (tertiary/aromatic N) is 2. The Bertz CT molecular complexity index is 1080. The summed E-state index contributed by atoms with van der Waals surface area (Å²) in [7, 11) is 1.70. The molecule has 0 bridgehead atoms. The van der Waals surface area contributed by atoms with E-state index < -0.39 is 24.3 Å². The normalized spacial score (nSPS) is 20.7. The van der Waals surface area contributed by atoms with Gasteiger partial charge in [-0.3, -0.25) is 4.90 Å². The van der Waals surface area contributed by atoms with Gasteiger partial charge in [0, 0.05) is 43.9 Å². The molecule has 228 valence electrons. The lowest BCUT2D eigenvalue weighted by molar-refractivity contribution is -0.193. The van der Waals surface area contributed by atoms with Crippen LogP contribution in [0.5, 0.6) is 11.6 Å². The van der Waals surface area contributed by atoms with Crippen molar-refractivity contribution in [1.29, 1.82) is 0 Å². The molecular formula is C26H30F6N2O7. The third kappa shape index (κ3) is 11.1. The summed E-state index contributed by atoms with van der Waals surface area (Å²) in [6, 6.07) is 14.2. The molecular weight excluding hydrogens is 566 g/mol. The number of benzene rings is 1. The first kappa shape index (κ1) is 33.6. The minimum Gasteiger partial charge on any atom is -0.497 e. The van der Waals surface area contributed by atoms with E-state index >= 15 is 0 Å². The number of fused-ring (bicyclic) bond motifs is 1. The maximum atomic E-state index is 10.6. The summed E-state index contributed by atoms with van der Waals surface area (Å²) < 4.78 is 81.0. The van der Waals surface area contributed by atoms with Crippen molar-refractivity contribution in [2.24, 2.45) is 5.41 Å². The minimum absolute atomic E-state index is 0.0422. The summed E-state index contributed by atoms with van der Waals surface area (Å²) in [5, 5.41) is 14.2. The van der Waals surface area contributed by atoms with Crippen LogP contribution in [-0.4, -0.2) is 83.9 Å². The summed E-state index contributed by atoms with van der Waals surface area (Å²) in [5.41, 5.74) is 1.35. The van der Waals surface area contributed by atoms with Gasteiger partial charge in [-0.15, -0.1) is 0 Å². The van der Waals surface area contributed by atoms with Gasteiger partial charge in [-0.2, -0.15) is 26.3 Å². The highest BCUT2D eigenvalue weighted by atomic mass is 19.4. The Morgan fingerprint density at radius 1 is 1.05 bits per heavy atom. The van der Waals surface area contributed by atoms with Crippen LogP contribution in [0.1, 0.15) is 24.8 Å². The highest BCUT2D eigenvalue weighted by Gasteiger charge is 2.46. The van der Waals surface area contributed by atoms with E-state index in [0.29, 0.717) is 12.5 Å². The van der Waals surface area contributed by atoms with Crippen LogP contribution in [-0.2, 0) is 20.9 Å². The zero-order chi connectivity index (χ0) is 30.7. The van der Waals surface area contributed by atoms with Crippen LogP contribution < -0.4 is 9.47 Å². The van der Waals surface area contributed by atoms with Crippen molar-refractivity contribution < 1.29 is 60.4 Å². The van der Waals surface area contributed by atoms with Gasteiger partial charge in [-0.25, -0.2) is 14.6 Å². The number of methoxy groups -OCH3 is 1. The molecule has 2 aromatic rings. The Morgan fingerprint density at radius 3 is 2.17 bits per heavy atom. The Labute approximate surface area is 231 Å². The lowest BCUT2D eigenvalue weighted by Crippen LogP contribution is -2.57. The summed E-state index contributed by atoms with van der Waals surface area (Å²) in [6.07, 6.45) is -4.82. The highest BCUT2D eigenvalue weighted by molar-refractivity contribution is 5.73. The average molecular weight is 597 g/mol. The molecule has 2 aliphatic rings. The van der Waals surface area contributed by atoms with Crippen molar-refractivity contribution in [1.82, 2.24) is 9.88 Å². The van der Waals surface area contributed by atoms with Gasteiger partial charge in [-0.05, 0) is 43.0 Å². The largest absolute Gasteiger partial charge is 0.497 e. The van der Waals surface area contributed by atoms with Crippen molar-refractivity contribution in [3.63, 3.8) is 0 Å². The fraction of sp³-hybridized carbons (Fsp3) is 0.500. The summed E-state index contributed by atoms with van der Waals surface area (Å²) in [4.78, 5) is 24.6. The molecule has 3 heterocycles. The Morgan fingerprint density at radius 2 is 1.66 bits per heavy atom. The summed E-state index contributed by atoms with van der Waals surface area (Å²) in [6.45, 7) is 4.53. The van der Waals surface area contributed by atoms with E-state index in [1.807, 2.05) is 30.3 Å². The van der Waals surface area contributed by atoms with Gasteiger partial charge in [-0.1, -0.05) is 18.2 Å². The molecule has 0 spiro atoms. The Balaban J connectivity index is 0.000000349. The van der Waals surface area contributed by atoms with E-state index in [4.69, 9.17) is 34.0 Å². The number of carbonyl (C=O) groups is 2. The predicted octanol–water partition coefficient (Wildman–Crippen LogP) is 4.81. The number of piperidine rings is 1. The van der Waals surface area contributed by atoms with E-state index in [0.717, 1.165) is 51.3 Å². The van der Waals surface area contributed by atoms with Crippen molar-refractivity contribution in [2.75, 3.05) is 33.4 Å². The average Bonchev–Trinajstić information content (AvgIpc) is 2.92. The molecule has 2 aliphatic heterocycles. The monoisotopic (exact) mass is 596 g/mol. The smallest absolute Gasteiger partial charge is 0.490 e. The number of alkyl halides is 6. The lowest BCUT2D eigenvalue weighted by atomic mass is 9.73. The standard InChI is InChI=1S/C22H28N2O3.2C2HF3O2/c1-25-19-8-6-18(7-9-19)15-24-13-10-20-22(16-24,11-4-14-26-20)17-27-21-5-2-3-12-23-21;2*3-2(4,5)1(6)7/h2-3,5-9,12,20H,4,10-11,13-17H2,1H3;2*(H,6,7). The second-order valence-corrected chi connectivity index (χ2v) is 9.24. The second-order valence-electron chi connectivity index (χ2n) is 9.24. The summed E-state index contributed by atoms with van der Waals surface area (Å²) >= 11 is 0. The second kappa shape index (κ2) is 14.9. The van der Waals surface area contributed by atoms with Gasteiger partial charge in [0.25, 0.3) is 0 Å². The fourth-order valence-corrected chi connectivity index (χ4v) is 4.37. The van der Waals surface area contributed by atoms with E-state index in [9.17, 15) is 26.3 Å². The quantitative estimate of drug-likeness (QED) is 0.453. The van der Waals surface area contributed by atoms with E-state index in [1.165, 1.54) is 5.56 Å². The molecule has 2 unspecified atom stereocenters. The number of likely N-dealkylation sites (tertiary alicyclic amines) is 1. The molecule has 0 radical (unpaired) electrons. The molecule has 0 aliphatic carbocycles. The van der Waals surface area contributed by atoms with Crippen molar-refractivity contribution in [3.05, 3.63) is 54.2 Å². The molecule has 1 aromatic carbocycles. The third-order valence-corrected chi connectivity index (χ3v) is 6.26. The minimum atomic E-state index is -5.08. The number of halogens is 6. The predicted molar refractivity (Wildman–Crippen MR) is 131 cm³/mol. The van der Waals surface area contributed by atoms with Crippen molar-refractivity contribution in [2.45, 2.75) is 44.3 Å². The number of hydrogen-bond acceptors (Lipinski definition) is 7. The molecule has 0 amide bonds. The van der Waals surface area contributed by atoms with E-state index in [2.05, 4.69) is 22.0 Å². The molecule has 2 N–H and O–H groups in total. The molecule has 1 aromatic heterocycles. The van der Waals surface area contributed by atoms with E-state index in [1.54, 1.807) is 13.3 Å². The Kier molecular flexibility index (Phi) is 12.2. The van der Waals surface area contributed by atoms with E-state index in [-0.39, 0.29) is 11.5 Å². The Hall–Kier alpha value is -3.59. The van der Waals surface area contributed by atoms with Crippen LogP contribution >= 0.6 is 0 Å². The highest BCUT2D eigenvalue weighted by Crippen LogP contribution is 2.41. The number of pyridine rings is 1. The first-order valence-corrected chi connectivity index (χ1v) is 12.3. The van der Waals surface area contributed by atoms with Gasteiger partial charge >= 0.3 is 24.3 Å². The third-order valence-electron chi connectivity index (χ3n) is 6.26. The number of ether oxygens (including phenoxy) is 3. The summed E-state index contributed by atoms with van der Waals surface area (Å²) in [5.74, 6) is -3.91. The molecule has 41 heavy (non-hydrogen) atoms. The van der Waals surface area contributed by atoms with Crippen LogP contribution in [0.2, 0.25) is 0 Å². The lowest BCUT2D eigenvalue weighted by Gasteiger charge is -2.50. The topological polar surface area (TPSA) is 118 Å². The zero-order valence-corrected chi connectivity index (χ0v) is 22.0. The number of carboxylic acids is 2. The fourth-order valence-electron chi connectivity index (χ4n) is 4.37. The molecule has 2 saturated heterocycles. The van der Waals surface area contributed by atoms with Gasteiger partial charge in [0.2, 0.25) is 5.88 Å². The number of aliphatic carboxylic acids is 2. The maximum Gasteiger partial charge on any atom is 0.490 e. The maximum absolute atomic E-state index is 10.6. The van der Waals surface area contributed by atoms with Crippen LogP contribution in [0, 0.1) is 5.41 Å². The molecule has 9 nitrogen and oxygen atoms in total. The molecule has 0 saturated carbocycles. The number of carboxylic acid groups (broad SMARTS) is 2. The SMILES string of the molecule is COc1ccc(CN2CCC3OCCCC3(COc3ccccn3)C2)cc1.O=C(O)C(F)(F)F.O=C(O)C(F)(F)F. The van der Waals surface area contributed by atoms with Crippen LogP contribution in [0.25, 0.3) is 0 Å². The molecule has 15 heteroatoms. The number of aromatic nitrogens is 1. The van der Waals surface area contributed by atoms with Gasteiger partial charge < -0.3 is 24.4 Å². The first-order valence-electron chi connectivity index (χ1n) is 12.3. The van der Waals surface area contributed by atoms with Crippen molar-refractivity contribution in [3.8, 4) is 11.6 Å². The number of hydrogen-bond donors (Lipinski definition) is 2. The van der Waals surface area contributed by atoms with Gasteiger partial charge in [0.05, 0.1) is 19.8 Å². The zero-order valence-electron chi connectivity index (χ0n) is 22.0. The van der Waals surface area contributed by atoms with Gasteiger partial charge in [0.1, 0.15) is 5.75 Å². The van der Waals surface area contributed by atoms with Crippen molar-refractivity contribution >= 4 is 11.9 Å². The first-order chi connectivity index (χ1) is 19.2. The van der Waals surface area contributed by atoms with Crippen LogP contribution in [0.3, 0.4) is 0 Å². The molecule has 4 rings (SSSR count). The van der Waals surface area contributed by atoms with Crippen LogP contribution in [0.15, 0.2) is 48.7 Å². The van der Waals surface area contributed by atoms with Crippen LogP contribution in [0.4, 0.5) is 26.3 Å². The van der Waals surface area contributed by atoms with Gasteiger partial charge in [0.15, 0.2) is 0 Å². The molecule has 2 atom stereocenters. The molecule has 2 fully saturated rings.